The van der Waals surface area contributed by atoms with E-state index in [1.807, 2.05) is 42.5 Å². The van der Waals surface area contributed by atoms with Gasteiger partial charge in [0, 0.05) is 58.0 Å². The largest absolute Gasteiger partial charge is 0.395 e. The number of piperidine rings is 1. The first kappa shape index (κ1) is 36.9. The molecule has 11 heteroatoms. The summed E-state index contributed by atoms with van der Waals surface area (Å²) < 4.78 is 0. The van der Waals surface area contributed by atoms with Crippen molar-refractivity contribution in [1.29, 1.82) is 0 Å². The molecule has 3 aromatic carbocycles. The first-order valence-corrected chi connectivity index (χ1v) is 19.6. The number of pyridine rings is 1. The average molecular weight is 776 g/mol. The number of rotatable bonds is 8. The van der Waals surface area contributed by atoms with E-state index in [9.17, 15) is 14.7 Å². The van der Waals surface area contributed by atoms with Crippen LogP contribution in [0.3, 0.4) is 0 Å². The maximum Gasteiger partial charge on any atom is 0.272 e. The van der Waals surface area contributed by atoms with E-state index in [4.69, 9.17) is 28.2 Å². The van der Waals surface area contributed by atoms with Crippen molar-refractivity contribution in [2.45, 2.75) is 52.1 Å². The summed E-state index contributed by atoms with van der Waals surface area (Å²) in [5.41, 5.74) is 7.06. The normalized spacial score (nSPS) is 18.7. The number of H-pyrrole nitrogens is 1. The van der Waals surface area contributed by atoms with Gasteiger partial charge in [0.1, 0.15) is 5.69 Å². The van der Waals surface area contributed by atoms with Crippen molar-refractivity contribution in [3.8, 4) is 0 Å². The summed E-state index contributed by atoms with van der Waals surface area (Å²) in [7, 11) is 0. The van der Waals surface area contributed by atoms with E-state index < -0.39 is 5.41 Å². The highest BCUT2D eigenvalue weighted by molar-refractivity contribution is 6.32. The van der Waals surface area contributed by atoms with E-state index in [-0.39, 0.29) is 36.4 Å². The molecule has 3 aliphatic rings. The molecule has 2 atom stereocenters. The third kappa shape index (κ3) is 6.90. The number of fused-ring (bicyclic) bond motifs is 2. The number of nitrogens with zero attached hydrogens (tertiary/aromatic N) is 3. The fourth-order valence-corrected chi connectivity index (χ4v) is 8.52. The van der Waals surface area contributed by atoms with Crippen LogP contribution in [0.2, 0.25) is 10.0 Å². The lowest BCUT2D eigenvalue weighted by Gasteiger charge is -2.39. The molecule has 5 aromatic rings. The number of hydrogen-bond acceptors (Lipinski definition) is 6. The molecule has 0 aliphatic carbocycles. The number of aliphatic hydroxyl groups excluding tert-OH is 1. The van der Waals surface area contributed by atoms with Gasteiger partial charge in [0.05, 0.1) is 29.4 Å². The van der Waals surface area contributed by atoms with E-state index in [1.54, 1.807) is 20.0 Å². The summed E-state index contributed by atoms with van der Waals surface area (Å²) >= 11 is 13.3. The number of halogens is 2. The van der Waals surface area contributed by atoms with Crippen LogP contribution in [-0.2, 0) is 4.79 Å². The van der Waals surface area contributed by atoms with Crippen LogP contribution in [0.15, 0.2) is 97.3 Å². The maximum atomic E-state index is 14.8. The molecular formula is C44H44Cl2N6O3. The van der Waals surface area contributed by atoms with Gasteiger partial charge in [-0.15, -0.1) is 0 Å². The minimum atomic E-state index is -0.847. The number of aromatic amines is 1. The molecule has 0 bridgehead atoms. The molecule has 1 saturated heterocycles. The van der Waals surface area contributed by atoms with Crippen LogP contribution in [0.1, 0.15) is 78.8 Å². The van der Waals surface area contributed by atoms with Gasteiger partial charge in [0.15, 0.2) is 5.82 Å². The second-order valence-electron chi connectivity index (χ2n) is 15.4. The quantitative estimate of drug-likeness (QED) is 0.125. The van der Waals surface area contributed by atoms with Crippen LogP contribution >= 0.6 is 23.2 Å². The Morgan fingerprint density at radius 2 is 1.73 bits per heavy atom. The van der Waals surface area contributed by atoms with Gasteiger partial charge in [-0.05, 0) is 97.7 Å². The van der Waals surface area contributed by atoms with Gasteiger partial charge in [0.25, 0.3) is 5.91 Å². The number of carbonyl (C=O) groups is 2. The molecule has 1 fully saturated rings. The number of hydrogen-bond donors (Lipinski definition) is 4. The smallest absolute Gasteiger partial charge is 0.272 e. The fraction of sp³-hybridized carbons (Fsp3) is 0.295. The molecule has 4 N–H and O–H groups in total. The number of nitrogens with one attached hydrogen (secondary N) is 3. The van der Waals surface area contributed by atoms with Crippen LogP contribution < -0.4 is 15.5 Å². The van der Waals surface area contributed by atoms with Crippen LogP contribution in [0.5, 0.6) is 0 Å². The van der Waals surface area contributed by atoms with Gasteiger partial charge < -0.3 is 30.5 Å². The van der Waals surface area contributed by atoms with E-state index in [2.05, 4.69) is 81.0 Å². The lowest BCUT2D eigenvalue weighted by molar-refractivity contribution is -0.132. The Morgan fingerprint density at radius 3 is 2.45 bits per heavy atom. The fourth-order valence-electron chi connectivity index (χ4n) is 8.17. The zero-order valence-electron chi connectivity index (χ0n) is 31.1. The number of anilines is 2. The number of aromatic nitrogens is 2. The highest BCUT2D eigenvalue weighted by atomic mass is 35.5. The standard InChI is InChI=1S/C44H44Cl2N6O3/c1-26-9-8-20-52-39(28-13-15-29(45)16-14-28)32-23-30(46)24-34-36(32)37(40(52)35(26)27-10-5-4-6-11-27)38(49-34)42(54)50-33-12-7-19-47-41(33)51-21-17-31(18-22-51)48-43(55)44(2,3)25-53/h4-8,10-16,19-20,23-24,26,31,39,49,53H,9,17-18,21-22,25H2,1-3H3,(H,48,55)(H,50,54). The van der Waals surface area contributed by atoms with E-state index in [1.165, 1.54) is 0 Å². The highest BCUT2D eigenvalue weighted by Crippen LogP contribution is 2.53. The monoisotopic (exact) mass is 774 g/mol. The van der Waals surface area contributed by atoms with Crippen molar-refractivity contribution >= 4 is 68.7 Å². The van der Waals surface area contributed by atoms with Crippen LogP contribution in [0.4, 0.5) is 11.5 Å². The third-order valence-corrected chi connectivity index (χ3v) is 11.6. The molecule has 2 aromatic heterocycles. The molecule has 5 heterocycles. The van der Waals surface area contributed by atoms with Crippen LogP contribution in [0, 0.1) is 11.3 Å². The minimum Gasteiger partial charge on any atom is -0.395 e. The summed E-state index contributed by atoms with van der Waals surface area (Å²) in [6.45, 7) is 6.77. The lowest BCUT2D eigenvalue weighted by atomic mass is 9.82. The summed E-state index contributed by atoms with van der Waals surface area (Å²) in [4.78, 5) is 40.3. The molecular weight excluding hydrogens is 731 g/mol. The molecule has 0 radical (unpaired) electrons. The number of benzene rings is 3. The van der Waals surface area contributed by atoms with Crippen LogP contribution in [0.25, 0.3) is 22.2 Å². The van der Waals surface area contributed by atoms with Crippen molar-refractivity contribution in [2.75, 3.05) is 29.9 Å². The summed E-state index contributed by atoms with van der Waals surface area (Å²) in [6.07, 6.45) is 8.34. The van der Waals surface area contributed by atoms with Crippen molar-refractivity contribution in [3.05, 3.63) is 135 Å². The van der Waals surface area contributed by atoms with E-state index >= 15 is 0 Å². The molecule has 55 heavy (non-hydrogen) atoms. The Hall–Kier alpha value is -5.09. The molecule has 3 aliphatic heterocycles. The Labute approximate surface area is 331 Å². The summed E-state index contributed by atoms with van der Waals surface area (Å²) in [5.74, 6) is 0.366. The predicted molar refractivity (Wildman–Crippen MR) is 221 cm³/mol. The Bertz CT molecular complexity index is 2330. The van der Waals surface area contributed by atoms with Gasteiger partial charge in [-0.1, -0.05) is 78.7 Å². The molecule has 9 nitrogen and oxygen atoms in total. The van der Waals surface area contributed by atoms with Gasteiger partial charge in [-0.2, -0.15) is 0 Å². The molecule has 2 unspecified atom stereocenters. The first-order valence-electron chi connectivity index (χ1n) is 18.8. The zero-order valence-corrected chi connectivity index (χ0v) is 32.6. The van der Waals surface area contributed by atoms with Crippen molar-refractivity contribution in [1.82, 2.24) is 20.2 Å². The zero-order chi connectivity index (χ0) is 38.4. The van der Waals surface area contributed by atoms with Crippen molar-refractivity contribution < 1.29 is 14.7 Å². The topological polar surface area (TPSA) is 114 Å². The SMILES string of the molecule is CC1CC=CN2C(=C1c1ccccc1)c1c(C(=O)Nc3cccnc3N3CCC(NC(=O)C(C)(C)CO)CC3)[nH]c3cc(Cl)cc(c13)C2c1ccc(Cl)cc1. The Kier molecular flexibility index (Phi) is 9.96. The minimum absolute atomic E-state index is 0.0143. The van der Waals surface area contributed by atoms with Crippen molar-refractivity contribution in [2.24, 2.45) is 11.3 Å². The molecule has 0 spiro atoms. The third-order valence-electron chi connectivity index (χ3n) is 11.1. The summed E-state index contributed by atoms with van der Waals surface area (Å²) in [6, 6.07) is 25.7. The Balaban J connectivity index is 1.22. The van der Waals surface area contributed by atoms with E-state index in [0.717, 1.165) is 50.8 Å². The van der Waals surface area contributed by atoms with E-state index in [0.29, 0.717) is 53.2 Å². The first-order chi connectivity index (χ1) is 26.5. The molecule has 282 valence electrons. The lowest BCUT2D eigenvalue weighted by Crippen LogP contribution is -2.49. The molecule has 2 amide bonds. The van der Waals surface area contributed by atoms with Gasteiger partial charge >= 0.3 is 0 Å². The number of allylic oxidation sites excluding steroid dienone is 2. The number of carbonyl (C=O) groups excluding carboxylic acids is 2. The number of amides is 2. The van der Waals surface area contributed by atoms with Gasteiger partial charge in [0.2, 0.25) is 5.91 Å². The predicted octanol–water partition coefficient (Wildman–Crippen LogP) is 9.05. The second kappa shape index (κ2) is 14.9. The number of aliphatic hydroxyl groups is 1. The Morgan fingerprint density at radius 1 is 0.982 bits per heavy atom. The second-order valence-corrected chi connectivity index (χ2v) is 16.3. The molecule has 8 rings (SSSR count). The molecule has 0 saturated carbocycles. The van der Waals surface area contributed by atoms with Crippen molar-refractivity contribution in [3.63, 3.8) is 0 Å². The highest BCUT2D eigenvalue weighted by Gasteiger charge is 2.40. The average Bonchev–Trinajstić information content (AvgIpc) is 3.48. The maximum absolute atomic E-state index is 14.8. The van der Waals surface area contributed by atoms with Gasteiger partial charge in [-0.25, -0.2) is 4.98 Å². The van der Waals surface area contributed by atoms with Gasteiger partial charge in [-0.3, -0.25) is 9.59 Å². The summed E-state index contributed by atoms with van der Waals surface area (Å²) in [5, 5.41) is 18.2. The van der Waals surface area contributed by atoms with Crippen LogP contribution in [-0.4, -0.2) is 57.5 Å².